The van der Waals surface area contributed by atoms with Gasteiger partial charge in [-0.2, -0.15) is 4.31 Å². The Hall–Kier alpha value is -1.02. The molecule has 2 rings (SSSR count). The molecule has 0 aromatic heterocycles. The molecule has 1 aromatic rings. The molecule has 1 aromatic carbocycles. The lowest BCUT2D eigenvalue weighted by molar-refractivity contribution is 0.155. The minimum absolute atomic E-state index is 0.159. The van der Waals surface area contributed by atoms with E-state index in [0.717, 1.165) is 12.8 Å². The first-order valence-electron chi connectivity index (χ1n) is 6.91. The normalized spacial score (nSPS) is 20.4. The second-order valence-corrected chi connectivity index (χ2v) is 7.59. The van der Waals surface area contributed by atoms with Crippen LogP contribution in [-0.4, -0.2) is 42.0 Å². The molecule has 0 spiro atoms. The molecule has 5 nitrogen and oxygen atoms in total. The summed E-state index contributed by atoms with van der Waals surface area (Å²) in [5, 5.41) is 9.44. The summed E-state index contributed by atoms with van der Waals surface area (Å²) >= 11 is 4.92. The van der Waals surface area contributed by atoms with E-state index in [2.05, 4.69) is 0 Å². The van der Waals surface area contributed by atoms with Crippen LogP contribution in [0, 0.1) is 6.92 Å². The van der Waals surface area contributed by atoms with E-state index in [1.165, 1.54) is 10.4 Å². The molecule has 1 aliphatic heterocycles. The molecule has 1 fully saturated rings. The van der Waals surface area contributed by atoms with Gasteiger partial charge in [0.1, 0.15) is 4.99 Å². The quantitative estimate of drug-likeness (QED) is 0.811. The van der Waals surface area contributed by atoms with Crippen molar-refractivity contribution in [2.45, 2.75) is 37.1 Å². The molecule has 1 unspecified atom stereocenters. The lowest BCUT2D eigenvalue weighted by Gasteiger charge is -2.33. The zero-order chi connectivity index (χ0) is 15.6. The largest absolute Gasteiger partial charge is 0.395 e. The highest BCUT2D eigenvalue weighted by Gasteiger charge is 2.34. The van der Waals surface area contributed by atoms with Gasteiger partial charge in [0.25, 0.3) is 0 Å². The number of aryl methyl sites for hydroxylation is 1. The first kappa shape index (κ1) is 16.4. The van der Waals surface area contributed by atoms with Gasteiger partial charge in [-0.15, -0.1) is 0 Å². The van der Waals surface area contributed by atoms with Crippen LogP contribution in [0.4, 0.5) is 0 Å². The molecule has 1 saturated heterocycles. The van der Waals surface area contributed by atoms with Crippen molar-refractivity contribution in [2.75, 3.05) is 13.2 Å². The Labute approximate surface area is 130 Å². The van der Waals surface area contributed by atoms with Gasteiger partial charge >= 0.3 is 0 Å². The molecular formula is C14H20N2O3S2. The second-order valence-electron chi connectivity index (χ2n) is 5.29. The summed E-state index contributed by atoms with van der Waals surface area (Å²) in [6.45, 7) is 2.02. The van der Waals surface area contributed by atoms with Crippen LogP contribution >= 0.6 is 12.2 Å². The Morgan fingerprint density at radius 3 is 2.81 bits per heavy atom. The molecule has 0 saturated carbocycles. The standard InChI is InChI=1S/C14H20N2O3S2/c1-10-5-6-11(14(15)20)8-13(10)21(18,19)16-7-3-2-4-12(16)9-17/h5-6,8,12,17H,2-4,7,9H2,1H3,(H2,15,20). The van der Waals surface area contributed by atoms with Gasteiger partial charge in [-0.25, -0.2) is 8.42 Å². The predicted octanol–water partition coefficient (Wildman–Crippen LogP) is 1.16. The summed E-state index contributed by atoms with van der Waals surface area (Å²) in [6.07, 6.45) is 2.43. The summed E-state index contributed by atoms with van der Waals surface area (Å²) in [6, 6.07) is 4.60. The molecular weight excluding hydrogens is 308 g/mol. The van der Waals surface area contributed by atoms with Gasteiger partial charge in [0.2, 0.25) is 10.0 Å². The van der Waals surface area contributed by atoms with Crippen LogP contribution in [0.3, 0.4) is 0 Å². The topological polar surface area (TPSA) is 83.6 Å². The van der Waals surface area contributed by atoms with E-state index in [0.29, 0.717) is 24.1 Å². The Morgan fingerprint density at radius 2 is 2.19 bits per heavy atom. The van der Waals surface area contributed by atoms with Crippen molar-refractivity contribution in [2.24, 2.45) is 5.73 Å². The maximum absolute atomic E-state index is 12.9. The van der Waals surface area contributed by atoms with Gasteiger partial charge in [0.15, 0.2) is 0 Å². The molecule has 3 N–H and O–H groups in total. The van der Waals surface area contributed by atoms with Crippen LogP contribution in [0.2, 0.25) is 0 Å². The zero-order valence-electron chi connectivity index (χ0n) is 11.9. The third-order valence-electron chi connectivity index (χ3n) is 3.84. The fraction of sp³-hybridized carbons (Fsp3) is 0.500. The average Bonchev–Trinajstić information content (AvgIpc) is 2.47. The van der Waals surface area contributed by atoms with Crippen LogP contribution in [0.25, 0.3) is 0 Å². The van der Waals surface area contributed by atoms with Crippen LogP contribution in [0.5, 0.6) is 0 Å². The van der Waals surface area contributed by atoms with Gasteiger partial charge in [-0.1, -0.05) is 30.8 Å². The maximum atomic E-state index is 12.9. The zero-order valence-corrected chi connectivity index (χ0v) is 13.6. The number of nitrogens with two attached hydrogens (primary N) is 1. The van der Waals surface area contributed by atoms with Crippen LogP contribution in [-0.2, 0) is 10.0 Å². The van der Waals surface area contributed by atoms with Crippen LogP contribution in [0.1, 0.15) is 30.4 Å². The highest BCUT2D eigenvalue weighted by molar-refractivity contribution is 7.89. The molecule has 1 aliphatic rings. The number of sulfonamides is 1. The average molecular weight is 328 g/mol. The number of benzene rings is 1. The van der Waals surface area contributed by atoms with E-state index in [1.54, 1.807) is 19.1 Å². The first-order chi connectivity index (χ1) is 9.87. The Bertz CT molecular complexity index is 644. The predicted molar refractivity (Wildman–Crippen MR) is 85.7 cm³/mol. The number of hydrogen-bond acceptors (Lipinski definition) is 4. The summed E-state index contributed by atoms with van der Waals surface area (Å²) in [5.41, 5.74) is 6.78. The number of aliphatic hydroxyl groups excluding tert-OH is 1. The molecule has 1 atom stereocenters. The molecule has 0 bridgehead atoms. The highest BCUT2D eigenvalue weighted by atomic mass is 32.2. The number of rotatable bonds is 4. The number of piperidine rings is 1. The molecule has 0 aliphatic carbocycles. The molecule has 21 heavy (non-hydrogen) atoms. The molecule has 116 valence electrons. The van der Waals surface area contributed by atoms with Gasteiger partial charge in [0.05, 0.1) is 11.5 Å². The molecule has 0 amide bonds. The van der Waals surface area contributed by atoms with Crippen LogP contribution in [0.15, 0.2) is 23.1 Å². The molecule has 7 heteroatoms. The maximum Gasteiger partial charge on any atom is 0.243 e. The summed E-state index contributed by atoms with van der Waals surface area (Å²) in [7, 11) is -3.65. The lowest BCUT2D eigenvalue weighted by atomic mass is 10.1. The lowest BCUT2D eigenvalue weighted by Crippen LogP contribution is -2.45. The molecule has 0 radical (unpaired) electrons. The van der Waals surface area contributed by atoms with Crippen molar-refractivity contribution >= 4 is 27.2 Å². The Kier molecular flexibility index (Phi) is 4.98. The minimum atomic E-state index is -3.65. The summed E-state index contributed by atoms with van der Waals surface area (Å²) < 4.78 is 27.2. The minimum Gasteiger partial charge on any atom is -0.395 e. The summed E-state index contributed by atoms with van der Waals surface area (Å²) in [5.74, 6) is 0. The highest BCUT2D eigenvalue weighted by Crippen LogP contribution is 2.27. The monoisotopic (exact) mass is 328 g/mol. The van der Waals surface area contributed by atoms with Crippen molar-refractivity contribution in [1.29, 1.82) is 0 Å². The van der Waals surface area contributed by atoms with Crippen molar-refractivity contribution in [3.63, 3.8) is 0 Å². The van der Waals surface area contributed by atoms with Gasteiger partial charge in [-0.3, -0.25) is 0 Å². The van der Waals surface area contributed by atoms with E-state index >= 15 is 0 Å². The first-order valence-corrected chi connectivity index (χ1v) is 8.76. The van der Waals surface area contributed by atoms with E-state index in [1.807, 2.05) is 0 Å². The summed E-state index contributed by atoms with van der Waals surface area (Å²) in [4.78, 5) is 0.386. The van der Waals surface area contributed by atoms with Crippen molar-refractivity contribution < 1.29 is 13.5 Å². The second kappa shape index (κ2) is 6.39. The smallest absolute Gasteiger partial charge is 0.243 e. The van der Waals surface area contributed by atoms with Crippen molar-refractivity contribution in [3.8, 4) is 0 Å². The van der Waals surface area contributed by atoms with Crippen LogP contribution < -0.4 is 5.73 Å². The fourth-order valence-corrected chi connectivity index (χ4v) is 4.70. The van der Waals surface area contributed by atoms with Crippen molar-refractivity contribution in [3.05, 3.63) is 29.3 Å². The number of nitrogens with zero attached hydrogens (tertiary/aromatic N) is 1. The third-order valence-corrected chi connectivity index (χ3v) is 6.17. The van der Waals surface area contributed by atoms with Gasteiger partial charge < -0.3 is 10.8 Å². The fourth-order valence-electron chi connectivity index (χ4n) is 2.63. The Morgan fingerprint density at radius 1 is 1.48 bits per heavy atom. The van der Waals surface area contributed by atoms with E-state index in [9.17, 15) is 13.5 Å². The van der Waals surface area contributed by atoms with E-state index < -0.39 is 10.0 Å². The van der Waals surface area contributed by atoms with Crippen molar-refractivity contribution in [1.82, 2.24) is 4.31 Å². The SMILES string of the molecule is Cc1ccc(C(N)=S)cc1S(=O)(=O)N1CCCCC1CO. The van der Waals surface area contributed by atoms with E-state index in [4.69, 9.17) is 18.0 Å². The van der Waals surface area contributed by atoms with E-state index in [-0.39, 0.29) is 22.5 Å². The Balaban J connectivity index is 2.47. The van der Waals surface area contributed by atoms with Gasteiger partial charge in [0, 0.05) is 18.2 Å². The number of thiocarbonyl (C=S) groups is 1. The number of aliphatic hydroxyl groups is 1. The van der Waals surface area contributed by atoms with Gasteiger partial charge in [-0.05, 0) is 31.4 Å². The molecule has 1 heterocycles. The number of hydrogen-bond donors (Lipinski definition) is 2. The third kappa shape index (κ3) is 3.26.